The van der Waals surface area contributed by atoms with Crippen molar-refractivity contribution >= 4 is 17.7 Å². The van der Waals surface area contributed by atoms with Crippen molar-refractivity contribution in [3.8, 4) is 0 Å². The maximum absolute atomic E-state index is 13.4. The molecule has 2 heterocycles. The number of carbonyl (C=O) groups is 2. The average Bonchev–Trinajstić information content (AvgIpc) is 2.65. The lowest BCUT2D eigenvalue weighted by Crippen LogP contribution is -2.39. The van der Waals surface area contributed by atoms with Crippen LogP contribution in [0.5, 0.6) is 0 Å². The van der Waals surface area contributed by atoms with Crippen molar-refractivity contribution in [2.45, 2.75) is 33.4 Å². The van der Waals surface area contributed by atoms with E-state index in [1.165, 1.54) is 23.1 Å². The molecular weight excluding hydrogens is 367 g/mol. The van der Waals surface area contributed by atoms with E-state index in [1.54, 1.807) is 19.9 Å². The Labute approximate surface area is 160 Å². The molecule has 148 valence electrons. The molecule has 0 bridgehead atoms. The van der Waals surface area contributed by atoms with Gasteiger partial charge in [0.05, 0.1) is 18.8 Å². The van der Waals surface area contributed by atoms with Crippen LogP contribution in [0.1, 0.15) is 23.7 Å². The third-order valence-corrected chi connectivity index (χ3v) is 4.44. The second-order valence-electron chi connectivity index (χ2n) is 6.49. The van der Waals surface area contributed by atoms with Crippen LogP contribution in [0.4, 0.5) is 14.9 Å². The smallest absolute Gasteiger partial charge is 0.410 e. The summed E-state index contributed by atoms with van der Waals surface area (Å²) in [5.41, 5.74) is 1.91. The van der Waals surface area contributed by atoms with E-state index in [2.05, 4.69) is 10.4 Å². The number of amides is 2. The van der Waals surface area contributed by atoms with Crippen LogP contribution in [0.2, 0.25) is 0 Å². The molecule has 0 radical (unpaired) electrons. The van der Waals surface area contributed by atoms with E-state index in [0.717, 1.165) is 4.68 Å². The summed E-state index contributed by atoms with van der Waals surface area (Å²) >= 11 is 0. The van der Waals surface area contributed by atoms with Gasteiger partial charge in [-0.05, 0) is 31.5 Å². The van der Waals surface area contributed by atoms with Gasteiger partial charge in [0.1, 0.15) is 12.4 Å². The zero-order chi connectivity index (χ0) is 20.3. The van der Waals surface area contributed by atoms with Crippen molar-refractivity contribution in [3.05, 3.63) is 57.3 Å². The van der Waals surface area contributed by atoms with Gasteiger partial charge in [-0.15, -0.1) is 0 Å². The van der Waals surface area contributed by atoms with E-state index in [9.17, 15) is 18.8 Å². The Bertz CT molecular complexity index is 973. The maximum atomic E-state index is 13.4. The molecular formula is C19H21FN4O4. The van der Waals surface area contributed by atoms with Crippen molar-refractivity contribution in [1.82, 2.24) is 14.7 Å². The van der Waals surface area contributed by atoms with Crippen LogP contribution in [-0.4, -0.2) is 39.8 Å². The molecule has 0 saturated heterocycles. The number of anilines is 1. The summed E-state index contributed by atoms with van der Waals surface area (Å²) in [7, 11) is 0. The standard InChI is InChI=1S/C19H21FN4O4/c1-3-28-19(27)23-7-6-15-13(10-23)8-18(26)24(22-15)11-17(25)21-16-9-14(20)5-4-12(16)2/h4-5,8-9H,3,6-7,10-11H2,1-2H3,(H,21,25). The molecule has 0 aliphatic carbocycles. The summed E-state index contributed by atoms with van der Waals surface area (Å²) in [6.45, 7) is 4.13. The van der Waals surface area contributed by atoms with E-state index in [4.69, 9.17) is 4.74 Å². The topological polar surface area (TPSA) is 93.5 Å². The molecule has 0 spiro atoms. The fourth-order valence-corrected chi connectivity index (χ4v) is 2.98. The third kappa shape index (κ3) is 4.36. The first kappa shape index (κ1) is 19.5. The number of hydrogen-bond donors (Lipinski definition) is 1. The summed E-state index contributed by atoms with van der Waals surface area (Å²) in [6, 6.07) is 5.47. The molecule has 1 aromatic carbocycles. The van der Waals surface area contributed by atoms with Crippen molar-refractivity contribution in [3.63, 3.8) is 0 Å². The number of aromatic nitrogens is 2. The number of halogens is 1. The summed E-state index contributed by atoms with van der Waals surface area (Å²) in [4.78, 5) is 38.0. The van der Waals surface area contributed by atoms with Crippen LogP contribution >= 0.6 is 0 Å². The highest BCUT2D eigenvalue weighted by molar-refractivity contribution is 5.91. The normalized spacial score (nSPS) is 13.0. The first-order chi connectivity index (χ1) is 13.4. The lowest BCUT2D eigenvalue weighted by atomic mass is 10.1. The van der Waals surface area contributed by atoms with Crippen LogP contribution in [0, 0.1) is 12.7 Å². The molecule has 0 saturated carbocycles. The van der Waals surface area contributed by atoms with Gasteiger partial charge in [0.25, 0.3) is 5.56 Å². The number of nitrogens with zero attached hydrogens (tertiary/aromatic N) is 3. The van der Waals surface area contributed by atoms with Gasteiger partial charge < -0.3 is 15.0 Å². The van der Waals surface area contributed by atoms with E-state index in [1.807, 2.05) is 0 Å². The predicted octanol–water partition coefficient (Wildman–Crippen LogP) is 1.84. The molecule has 1 aliphatic heterocycles. The molecule has 8 nitrogen and oxygen atoms in total. The van der Waals surface area contributed by atoms with Crippen molar-refractivity contribution in [2.24, 2.45) is 0 Å². The second-order valence-corrected chi connectivity index (χ2v) is 6.49. The first-order valence-electron chi connectivity index (χ1n) is 8.95. The average molecular weight is 388 g/mol. The first-order valence-corrected chi connectivity index (χ1v) is 8.95. The highest BCUT2D eigenvalue weighted by atomic mass is 19.1. The molecule has 2 aromatic rings. The van der Waals surface area contributed by atoms with Gasteiger partial charge in [-0.2, -0.15) is 5.10 Å². The number of aryl methyl sites for hydroxylation is 1. The summed E-state index contributed by atoms with van der Waals surface area (Å²) in [6.07, 6.45) is 0.0288. The Morgan fingerprint density at radius 1 is 1.32 bits per heavy atom. The zero-order valence-corrected chi connectivity index (χ0v) is 15.7. The number of ether oxygens (including phenoxy) is 1. The monoisotopic (exact) mass is 388 g/mol. The van der Waals surface area contributed by atoms with Crippen LogP contribution in [0.25, 0.3) is 0 Å². The highest BCUT2D eigenvalue weighted by Crippen LogP contribution is 2.17. The van der Waals surface area contributed by atoms with Crippen molar-refractivity contribution in [1.29, 1.82) is 0 Å². The molecule has 9 heteroatoms. The Hall–Kier alpha value is -3.23. The fraction of sp³-hybridized carbons (Fsp3) is 0.368. The Morgan fingerprint density at radius 3 is 2.86 bits per heavy atom. The lowest BCUT2D eigenvalue weighted by molar-refractivity contribution is -0.117. The number of benzene rings is 1. The Balaban J connectivity index is 1.72. The number of hydrogen-bond acceptors (Lipinski definition) is 5. The second kappa shape index (κ2) is 8.20. The highest BCUT2D eigenvalue weighted by Gasteiger charge is 2.24. The lowest BCUT2D eigenvalue weighted by Gasteiger charge is -2.27. The van der Waals surface area contributed by atoms with Gasteiger partial charge in [-0.25, -0.2) is 13.9 Å². The van der Waals surface area contributed by atoms with Crippen LogP contribution < -0.4 is 10.9 Å². The minimum Gasteiger partial charge on any atom is -0.450 e. The molecule has 0 unspecified atom stereocenters. The van der Waals surface area contributed by atoms with Gasteiger partial charge in [-0.3, -0.25) is 9.59 Å². The van der Waals surface area contributed by atoms with Crippen LogP contribution in [0.3, 0.4) is 0 Å². The minimum atomic E-state index is -0.479. The number of fused-ring (bicyclic) bond motifs is 1. The van der Waals surface area contributed by atoms with E-state index < -0.39 is 23.4 Å². The molecule has 1 aliphatic rings. The molecule has 0 atom stereocenters. The molecule has 0 fully saturated rings. The summed E-state index contributed by atoms with van der Waals surface area (Å²) < 4.78 is 19.4. The SMILES string of the molecule is CCOC(=O)N1CCc2nn(CC(=O)Nc3cc(F)ccc3C)c(=O)cc2C1. The minimum absolute atomic E-state index is 0.242. The van der Waals surface area contributed by atoms with Crippen molar-refractivity contribution < 1.29 is 18.7 Å². The Morgan fingerprint density at radius 2 is 2.11 bits per heavy atom. The summed E-state index contributed by atoms with van der Waals surface area (Å²) in [5, 5.41) is 6.86. The van der Waals surface area contributed by atoms with Gasteiger partial charge in [-0.1, -0.05) is 6.07 Å². The van der Waals surface area contributed by atoms with Crippen LogP contribution in [-0.2, 0) is 29.0 Å². The number of nitrogens with one attached hydrogen (secondary N) is 1. The molecule has 3 rings (SSSR count). The molecule has 1 N–H and O–H groups in total. The number of rotatable bonds is 4. The maximum Gasteiger partial charge on any atom is 0.410 e. The Kier molecular flexibility index (Phi) is 5.72. The predicted molar refractivity (Wildman–Crippen MR) is 99.4 cm³/mol. The summed E-state index contributed by atoms with van der Waals surface area (Å²) in [5.74, 6) is -0.941. The molecule has 1 aromatic heterocycles. The number of carbonyl (C=O) groups excluding carboxylic acids is 2. The van der Waals surface area contributed by atoms with Gasteiger partial charge in [0.15, 0.2) is 0 Å². The quantitative estimate of drug-likeness (QED) is 0.863. The van der Waals surface area contributed by atoms with Gasteiger partial charge >= 0.3 is 6.09 Å². The van der Waals surface area contributed by atoms with E-state index in [-0.39, 0.29) is 19.7 Å². The van der Waals surface area contributed by atoms with E-state index >= 15 is 0 Å². The van der Waals surface area contributed by atoms with Gasteiger partial charge in [0.2, 0.25) is 5.91 Å². The van der Waals surface area contributed by atoms with Crippen LogP contribution in [0.15, 0.2) is 29.1 Å². The largest absolute Gasteiger partial charge is 0.450 e. The molecule has 28 heavy (non-hydrogen) atoms. The van der Waals surface area contributed by atoms with Crippen molar-refractivity contribution in [2.75, 3.05) is 18.5 Å². The van der Waals surface area contributed by atoms with E-state index in [0.29, 0.717) is 35.5 Å². The van der Waals surface area contributed by atoms with Gasteiger partial charge in [0, 0.05) is 30.3 Å². The fourth-order valence-electron chi connectivity index (χ4n) is 2.98. The third-order valence-electron chi connectivity index (χ3n) is 4.44. The zero-order valence-electron chi connectivity index (χ0n) is 15.7. The molecule has 2 amide bonds.